The highest BCUT2D eigenvalue weighted by atomic mass is 16.5. The van der Waals surface area contributed by atoms with Gasteiger partial charge in [-0.2, -0.15) is 4.98 Å². The molecule has 3 aliphatic rings. The lowest BCUT2D eigenvalue weighted by molar-refractivity contribution is -0.0893. The van der Waals surface area contributed by atoms with E-state index < -0.39 is 0 Å². The first-order valence-corrected chi connectivity index (χ1v) is 13.9. The number of aromatic nitrogens is 3. The van der Waals surface area contributed by atoms with E-state index in [4.69, 9.17) is 19.7 Å². The van der Waals surface area contributed by atoms with Crippen molar-refractivity contribution in [3.63, 3.8) is 0 Å². The van der Waals surface area contributed by atoms with Crippen molar-refractivity contribution >= 4 is 29.0 Å². The second-order valence-corrected chi connectivity index (χ2v) is 11.7. The van der Waals surface area contributed by atoms with Gasteiger partial charge in [0.2, 0.25) is 5.95 Å². The van der Waals surface area contributed by atoms with Gasteiger partial charge in [-0.15, -0.1) is 0 Å². The smallest absolute Gasteiger partial charge is 0.229 e. The van der Waals surface area contributed by atoms with Crippen LogP contribution in [0.3, 0.4) is 0 Å². The van der Waals surface area contributed by atoms with E-state index in [0.29, 0.717) is 12.6 Å². The molecule has 0 unspecified atom stereocenters. The Morgan fingerprint density at radius 1 is 1.00 bits per heavy atom. The molecule has 200 valence electrons. The van der Waals surface area contributed by atoms with Crippen LogP contribution in [-0.4, -0.2) is 53.3 Å². The van der Waals surface area contributed by atoms with Gasteiger partial charge >= 0.3 is 0 Å². The zero-order valence-corrected chi connectivity index (χ0v) is 23.0. The Morgan fingerprint density at radius 3 is 2.55 bits per heavy atom. The number of ether oxygens (including phenoxy) is 1. The van der Waals surface area contributed by atoms with Gasteiger partial charge in [-0.1, -0.05) is 13.0 Å². The van der Waals surface area contributed by atoms with Crippen molar-refractivity contribution in [2.45, 2.75) is 70.1 Å². The molecule has 5 heterocycles. The Bertz CT molecular complexity index is 1290. The molecule has 3 aromatic rings. The minimum absolute atomic E-state index is 0.173. The summed E-state index contributed by atoms with van der Waals surface area (Å²) in [4.78, 5) is 19.7. The summed E-state index contributed by atoms with van der Waals surface area (Å²) >= 11 is 0. The summed E-state index contributed by atoms with van der Waals surface area (Å²) in [5.41, 5.74) is 3.94. The van der Waals surface area contributed by atoms with Crippen molar-refractivity contribution in [3.8, 4) is 0 Å². The number of fused-ring (bicyclic) bond motifs is 3. The van der Waals surface area contributed by atoms with Crippen LogP contribution in [0.25, 0.3) is 0 Å². The highest BCUT2D eigenvalue weighted by Crippen LogP contribution is 2.52. The molecule has 0 radical (unpaired) electrons. The van der Waals surface area contributed by atoms with E-state index in [0.717, 1.165) is 54.6 Å². The zero-order chi connectivity index (χ0) is 26.3. The SMILES string of the molecule is CNCc1cccc(N2c3nc(Nc4ccc(N5CCCCC5)cc4)ncc3[C@@]3(C)COC(C)(C)C[C@@H]23)n1. The van der Waals surface area contributed by atoms with Crippen LogP contribution in [0.1, 0.15) is 57.7 Å². The topological polar surface area (TPSA) is 78.4 Å². The maximum atomic E-state index is 6.34. The summed E-state index contributed by atoms with van der Waals surface area (Å²) in [7, 11) is 1.95. The predicted molar refractivity (Wildman–Crippen MR) is 153 cm³/mol. The van der Waals surface area contributed by atoms with E-state index in [9.17, 15) is 0 Å². The molecule has 0 spiro atoms. The van der Waals surface area contributed by atoms with Gasteiger partial charge in [0.15, 0.2) is 0 Å². The van der Waals surface area contributed by atoms with Crippen molar-refractivity contribution in [2.75, 3.05) is 41.9 Å². The number of anilines is 5. The van der Waals surface area contributed by atoms with Crippen LogP contribution in [0.5, 0.6) is 0 Å². The quantitative estimate of drug-likeness (QED) is 0.460. The van der Waals surface area contributed by atoms with Crippen molar-refractivity contribution in [3.05, 3.63) is 59.9 Å². The fraction of sp³-hybridized carbons (Fsp3) is 0.500. The van der Waals surface area contributed by atoms with E-state index >= 15 is 0 Å². The van der Waals surface area contributed by atoms with Gasteiger partial charge in [0.05, 0.1) is 23.9 Å². The van der Waals surface area contributed by atoms with Crippen LogP contribution in [-0.2, 0) is 16.7 Å². The number of pyridine rings is 1. The van der Waals surface area contributed by atoms with Crippen LogP contribution < -0.4 is 20.4 Å². The third-order valence-electron chi connectivity index (χ3n) is 8.35. The average molecular weight is 514 g/mol. The van der Waals surface area contributed by atoms with Crippen molar-refractivity contribution in [2.24, 2.45) is 0 Å². The molecule has 8 nitrogen and oxygen atoms in total. The lowest BCUT2D eigenvalue weighted by atomic mass is 9.73. The highest BCUT2D eigenvalue weighted by Gasteiger charge is 2.55. The fourth-order valence-corrected chi connectivity index (χ4v) is 6.18. The Labute approximate surface area is 225 Å². The lowest BCUT2D eigenvalue weighted by Gasteiger charge is -2.46. The predicted octanol–water partition coefficient (Wildman–Crippen LogP) is 5.30. The second kappa shape index (κ2) is 9.82. The fourth-order valence-electron chi connectivity index (χ4n) is 6.18. The first-order chi connectivity index (χ1) is 18.4. The van der Waals surface area contributed by atoms with Crippen LogP contribution in [0, 0.1) is 0 Å². The molecule has 2 aromatic heterocycles. The number of benzene rings is 1. The van der Waals surface area contributed by atoms with Gasteiger partial charge in [0, 0.05) is 48.2 Å². The van der Waals surface area contributed by atoms with Gasteiger partial charge in [-0.25, -0.2) is 9.97 Å². The largest absolute Gasteiger partial charge is 0.374 e. The number of nitrogens with one attached hydrogen (secondary N) is 2. The molecule has 0 aliphatic carbocycles. The molecule has 3 aliphatic heterocycles. The molecule has 2 N–H and O–H groups in total. The Morgan fingerprint density at radius 2 is 1.79 bits per heavy atom. The van der Waals surface area contributed by atoms with Crippen molar-refractivity contribution in [1.29, 1.82) is 0 Å². The summed E-state index contributed by atoms with van der Waals surface area (Å²) in [5, 5.41) is 6.67. The van der Waals surface area contributed by atoms with E-state index in [1.54, 1.807) is 0 Å². The molecule has 0 amide bonds. The summed E-state index contributed by atoms with van der Waals surface area (Å²) in [6.07, 6.45) is 6.74. The normalized spacial score (nSPS) is 24.2. The van der Waals surface area contributed by atoms with Crippen molar-refractivity contribution < 1.29 is 4.74 Å². The molecule has 8 heteroatoms. The number of hydrogen-bond donors (Lipinski definition) is 2. The monoisotopic (exact) mass is 513 g/mol. The average Bonchev–Trinajstić information content (AvgIpc) is 3.17. The Kier molecular flexibility index (Phi) is 6.48. The molecule has 6 rings (SSSR count). The van der Waals surface area contributed by atoms with Crippen molar-refractivity contribution in [1.82, 2.24) is 20.3 Å². The molecule has 2 fully saturated rings. The summed E-state index contributed by atoms with van der Waals surface area (Å²) in [6, 6.07) is 15.0. The van der Waals surface area contributed by atoms with Crippen LogP contribution in [0.15, 0.2) is 48.7 Å². The third kappa shape index (κ3) is 4.60. The van der Waals surface area contributed by atoms with Crippen LogP contribution in [0.4, 0.5) is 29.0 Å². The van der Waals surface area contributed by atoms with Gasteiger partial charge in [0.25, 0.3) is 0 Å². The van der Waals surface area contributed by atoms with E-state index in [1.807, 2.05) is 13.2 Å². The third-order valence-corrected chi connectivity index (χ3v) is 8.35. The minimum atomic E-state index is -0.225. The van der Waals surface area contributed by atoms with Gasteiger partial charge in [-0.3, -0.25) is 0 Å². The minimum Gasteiger partial charge on any atom is -0.374 e. The van der Waals surface area contributed by atoms with Gasteiger partial charge < -0.3 is 25.2 Å². The molecular weight excluding hydrogens is 474 g/mol. The Hall–Kier alpha value is -3.23. The van der Waals surface area contributed by atoms with Gasteiger partial charge in [0.1, 0.15) is 11.6 Å². The maximum absolute atomic E-state index is 6.34. The van der Waals surface area contributed by atoms with Crippen LogP contribution >= 0.6 is 0 Å². The van der Waals surface area contributed by atoms with E-state index in [2.05, 4.69) is 83.7 Å². The molecular formula is C30H39N7O. The first kappa shape index (κ1) is 25.1. The van der Waals surface area contributed by atoms with E-state index in [1.165, 1.54) is 24.9 Å². The number of piperidine rings is 1. The summed E-state index contributed by atoms with van der Waals surface area (Å²) < 4.78 is 6.34. The summed E-state index contributed by atoms with van der Waals surface area (Å²) in [5.74, 6) is 2.42. The standard InChI is InChI=1S/C30H39N7O/c1-29(2)17-25-30(3,20-38-29)24-19-32-28(34-21-11-13-23(14-12-21)36-15-6-5-7-16-36)35-27(24)37(25)26-10-8-9-22(33-26)18-31-4/h8-14,19,25,31H,5-7,15-18,20H2,1-4H3,(H,32,34,35)/t25-,30-/m1/s1. The molecule has 0 bridgehead atoms. The molecule has 1 aromatic carbocycles. The van der Waals surface area contributed by atoms with E-state index in [-0.39, 0.29) is 17.1 Å². The molecule has 2 atom stereocenters. The number of hydrogen-bond acceptors (Lipinski definition) is 8. The maximum Gasteiger partial charge on any atom is 0.229 e. The van der Waals surface area contributed by atoms with Crippen LogP contribution in [0.2, 0.25) is 0 Å². The zero-order valence-electron chi connectivity index (χ0n) is 23.0. The summed E-state index contributed by atoms with van der Waals surface area (Å²) in [6.45, 7) is 10.2. The lowest BCUT2D eigenvalue weighted by Crippen LogP contribution is -2.54. The molecule has 0 saturated carbocycles. The number of nitrogens with zero attached hydrogens (tertiary/aromatic N) is 5. The first-order valence-electron chi connectivity index (χ1n) is 13.9. The van der Waals surface area contributed by atoms with Gasteiger partial charge in [-0.05, 0) is 83.0 Å². The highest BCUT2D eigenvalue weighted by molar-refractivity contribution is 5.71. The Balaban J connectivity index is 1.33. The number of rotatable bonds is 6. The molecule has 2 saturated heterocycles. The molecule has 38 heavy (non-hydrogen) atoms. The second-order valence-electron chi connectivity index (χ2n) is 11.7.